The van der Waals surface area contributed by atoms with Gasteiger partial charge in [0, 0.05) is 64.8 Å². The molecule has 0 spiro atoms. The Morgan fingerprint density at radius 2 is 1.63 bits per heavy atom. The minimum atomic E-state index is -0.655. The molecule has 1 unspecified atom stereocenters. The quantitative estimate of drug-likeness (QED) is 0.588. The minimum absolute atomic E-state index is 0.215. The summed E-state index contributed by atoms with van der Waals surface area (Å²) in [5.41, 5.74) is 2.44. The molecule has 10 nitrogen and oxygen atoms in total. The van der Waals surface area contributed by atoms with Crippen molar-refractivity contribution in [2.45, 2.75) is 43.8 Å². The van der Waals surface area contributed by atoms with E-state index >= 15 is 0 Å². The summed E-state index contributed by atoms with van der Waals surface area (Å²) in [6.07, 6.45) is 3.13. The van der Waals surface area contributed by atoms with Crippen LogP contribution in [0.4, 0.5) is 5.69 Å². The molecule has 0 bridgehead atoms. The number of anilines is 1. The molecular formula is C25H35N7O3. The number of carbonyl (C=O) groups is 2. The van der Waals surface area contributed by atoms with Gasteiger partial charge in [-0.3, -0.25) is 33.8 Å². The Morgan fingerprint density at radius 1 is 0.886 bits per heavy atom. The Labute approximate surface area is 204 Å². The first kappa shape index (κ1) is 22.8. The van der Waals surface area contributed by atoms with Crippen LogP contribution in [-0.2, 0) is 16.6 Å². The standard InChI is InChI=1S/C25H35N7O3/c1-28-23-19(3-2-4-20(23)32(25(28)35)21-5-6-22(33)27-24(21)34)30-13-11-29(12-14-30)18-15-31(16-18)17-7-9-26-10-8-17/h2-4,17-18,21,26H,5-16H2,1H3,(H,27,33,34). The van der Waals surface area contributed by atoms with Gasteiger partial charge in [0.15, 0.2) is 0 Å². The maximum atomic E-state index is 13.2. The number of carbonyl (C=O) groups excluding carboxylic acids is 2. The van der Waals surface area contributed by atoms with Crippen LogP contribution >= 0.6 is 0 Å². The Balaban J connectivity index is 1.17. The molecule has 0 radical (unpaired) electrons. The summed E-state index contributed by atoms with van der Waals surface area (Å²) >= 11 is 0. The topological polar surface area (TPSA) is 94.8 Å². The summed E-state index contributed by atoms with van der Waals surface area (Å²) in [5, 5.41) is 5.85. The molecule has 10 heteroatoms. The number of aromatic nitrogens is 2. The normalized spacial score (nSPS) is 25.7. The van der Waals surface area contributed by atoms with Gasteiger partial charge in [-0.1, -0.05) is 6.07 Å². The predicted octanol–water partition coefficient (Wildman–Crippen LogP) is -0.124. The second-order valence-corrected chi connectivity index (χ2v) is 10.4. The van der Waals surface area contributed by atoms with E-state index in [0.717, 1.165) is 62.0 Å². The maximum absolute atomic E-state index is 13.2. The molecule has 1 atom stereocenters. The van der Waals surface area contributed by atoms with Crippen LogP contribution in [0, 0.1) is 0 Å². The molecule has 0 saturated carbocycles. The lowest BCUT2D eigenvalue weighted by atomic mass is 9.97. The molecule has 2 aromatic rings. The van der Waals surface area contributed by atoms with E-state index in [0.29, 0.717) is 12.5 Å². The van der Waals surface area contributed by atoms with Crippen molar-refractivity contribution in [2.75, 3.05) is 57.3 Å². The number of aryl methyl sites for hydroxylation is 1. The summed E-state index contributed by atoms with van der Waals surface area (Å²) in [6.45, 7) is 8.52. The van der Waals surface area contributed by atoms with Crippen LogP contribution in [0.1, 0.15) is 31.7 Å². The van der Waals surface area contributed by atoms with Crippen molar-refractivity contribution in [2.24, 2.45) is 7.05 Å². The van der Waals surface area contributed by atoms with Gasteiger partial charge in [0.05, 0.1) is 16.7 Å². The third kappa shape index (κ3) is 3.97. The second-order valence-electron chi connectivity index (χ2n) is 10.4. The van der Waals surface area contributed by atoms with Gasteiger partial charge in [0.1, 0.15) is 6.04 Å². The second kappa shape index (κ2) is 9.07. The van der Waals surface area contributed by atoms with E-state index in [9.17, 15) is 14.4 Å². The Bertz CT molecular complexity index is 1180. The number of hydrogen-bond acceptors (Lipinski definition) is 7. The molecule has 4 fully saturated rings. The zero-order chi connectivity index (χ0) is 24.1. The van der Waals surface area contributed by atoms with Gasteiger partial charge >= 0.3 is 5.69 Å². The number of rotatable bonds is 4. The van der Waals surface area contributed by atoms with Crippen molar-refractivity contribution in [3.05, 3.63) is 28.7 Å². The van der Waals surface area contributed by atoms with E-state index in [-0.39, 0.29) is 18.0 Å². The van der Waals surface area contributed by atoms with Crippen LogP contribution in [-0.4, -0.2) is 95.2 Å². The lowest BCUT2D eigenvalue weighted by Gasteiger charge is -2.51. The highest BCUT2D eigenvalue weighted by Gasteiger charge is 2.38. The summed E-state index contributed by atoms with van der Waals surface area (Å²) in [4.78, 5) is 45.0. The molecule has 2 amide bonds. The average Bonchev–Trinajstić information content (AvgIpc) is 3.10. The predicted molar refractivity (Wildman–Crippen MR) is 134 cm³/mol. The van der Waals surface area contributed by atoms with Gasteiger partial charge in [-0.25, -0.2) is 4.79 Å². The van der Waals surface area contributed by atoms with Crippen molar-refractivity contribution in [1.29, 1.82) is 0 Å². The first-order valence-electron chi connectivity index (χ1n) is 13.0. The van der Waals surface area contributed by atoms with Gasteiger partial charge in [0.2, 0.25) is 11.8 Å². The Kier molecular flexibility index (Phi) is 5.90. The van der Waals surface area contributed by atoms with Crippen LogP contribution in [0.15, 0.2) is 23.0 Å². The molecule has 35 heavy (non-hydrogen) atoms. The number of amides is 2. The van der Waals surface area contributed by atoms with E-state index in [1.54, 1.807) is 16.2 Å². The van der Waals surface area contributed by atoms with Crippen LogP contribution in [0.25, 0.3) is 11.0 Å². The third-order valence-electron chi connectivity index (χ3n) is 8.49. The highest BCUT2D eigenvalue weighted by atomic mass is 16.2. The molecule has 2 N–H and O–H groups in total. The molecule has 4 saturated heterocycles. The van der Waals surface area contributed by atoms with E-state index in [1.807, 2.05) is 12.1 Å². The molecule has 1 aromatic heterocycles. The van der Waals surface area contributed by atoms with Gasteiger partial charge in [-0.2, -0.15) is 0 Å². The Morgan fingerprint density at radius 3 is 2.34 bits per heavy atom. The summed E-state index contributed by atoms with van der Waals surface area (Å²) < 4.78 is 3.23. The number of fused-ring (bicyclic) bond motifs is 1. The smallest absolute Gasteiger partial charge is 0.329 e. The molecule has 6 rings (SSSR count). The number of nitrogens with one attached hydrogen (secondary N) is 2. The van der Waals surface area contributed by atoms with E-state index in [2.05, 4.69) is 31.4 Å². The van der Waals surface area contributed by atoms with Crippen LogP contribution in [0.5, 0.6) is 0 Å². The fourth-order valence-corrected chi connectivity index (χ4v) is 6.42. The van der Waals surface area contributed by atoms with Gasteiger partial charge in [0.25, 0.3) is 0 Å². The van der Waals surface area contributed by atoms with Crippen LogP contribution in [0.2, 0.25) is 0 Å². The fourth-order valence-electron chi connectivity index (χ4n) is 6.42. The van der Waals surface area contributed by atoms with Crippen molar-refractivity contribution in [3.8, 4) is 0 Å². The number of nitrogens with zero attached hydrogens (tertiary/aromatic N) is 5. The third-order valence-corrected chi connectivity index (χ3v) is 8.49. The highest BCUT2D eigenvalue weighted by molar-refractivity contribution is 6.00. The largest absolute Gasteiger partial charge is 0.367 e. The molecule has 5 heterocycles. The van der Waals surface area contributed by atoms with Crippen LogP contribution in [0.3, 0.4) is 0 Å². The average molecular weight is 482 g/mol. The highest BCUT2D eigenvalue weighted by Crippen LogP contribution is 2.31. The first-order valence-corrected chi connectivity index (χ1v) is 13.0. The van der Waals surface area contributed by atoms with Crippen molar-refractivity contribution < 1.29 is 9.59 Å². The van der Waals surface area contributed by atoms with Crippen molar-refractivity contribution in [3.63, 3.8) is 0 Å². The fraction of sp³-hybridized carbons (Fsp3) is 0.640. The van der Waals surface area contributed by atoms with Gasteiger partial charge < -0.3 is 10.2 Å². The monoisotopic (exact) mass is 481 g/mol. The number of benzene rings is 1. The molecular weight excluding hydrogens is 446 g/mol. The lowest BCUT2D eigenvalue weighted by molar-refractivity contribution is -0.135. The Hall–Kier alpha value is -2.69. The summed E-state index contributed by atoms with van der Waals surface area (Å²) in [5.74, 6) is -0.669. The van der Waals surface area contributed by atoms with Gasteiger partial charge in [-0.05, 0) is 44.5 Å². The maximum Gasteiger partial charge on any atom is 0.329 e. The van der Waals surface area contributed by atoms with Crippen LogP contribution < -0.4 is 21.2 Å². The van der Waals surface area contributed by atoms with Crippen molar-refractivity contribution in [1.82, 2.24) is 29.6 Å². The van der Waals surface area contributed by atoms with E-state index in [4.69, 9.17) is 0 Å². The first-order chi connectivity index (χ1) is 17.0. The molecule has 4 aliphatic heterocycles. The van der Waals surface area contributed by atoms with Gasteiger partial charge in [-0.15, -0.1) is 0 Å². The number of imidazole rings is 1. The zero-order valence-electron chi connectivity index (χ0n) is 20.4. The minimum Gasteiger partial charge on any atom is -0.367 e. The van der Waals surface area contributed by atoms with Crippen molar-refractivity contribution >= 4 is 28.5 Å². The number of imide groups is 1. The van der Waals surface area contributed by atoms with E-state index in [1.165, 1.54) is 25.9 Å². The number of para-hydroxylation sites is 1. The van der Waals surface area contributed by atoms with E-state index < -0.39 is 11.9 Å². The zero-order valence-corrected chi connectivity index (χ0v) is 20.4. The number of piperazine rings is 1. The summed E-state index contributed by atoms with van der Waals surface area (Å²) in [7, 11) is 1.77. The summed E-state index contributed by atoms with van der Waals surface area (Å²) in [6, 6.07) is 6.70. The number of likely N-dealkylation sites (tertiary alicyclic amines) is 1. The lowest BCUT2D eigenvalue weighted by Crippen LogP contribution is -2.65. The number of piperidine rings is 2. The molecule has 1 aromatic carbocycles. The molecule has 188 valence electrons. The SMILES string of the molecule is Cn1c(=O)n(C2CCC(=O)NC2=O)c2cccc(N3CCN(C4CN(C5CCNCC5)C4)CC3)c21. The number of hydrogen-bond donors (Lipinski definition) is 2. The molecule has 4 aliphatic rings. The molecule has 0 aliphatic carbocycles.